The van der Waals surface area contributed by atoms with Crippen LogP contribution in [-0.2, 0) is 19.1 Å². The summed E-state index contributed by atoms with van der Waals surface area (Å²) in [7, 11) is 1.70. The number of esters is 1. The molecule has 0 spiro atoms. The minimum Gasteiger partial charge on any atom is -0.466 e. The van der Waals surface area contributed by atoms with Crippen LogP contribution in [0.4, 0.5) is 0 Å². The first-order chi connectivity index (χ1) is 14.2. The third-order valence-electron chi connectivity index (χ3n) is 6.63. The highest BCUT2D eigenvalue weighted by molar-refractivity contribution is 5.84. The molecule has 1 aliphatic rings. The summed E-state index contributed by atoms with van der Waals surface area (Å²) < 4.78 is 10.7. The summed E-state index contributed by atoms with van der Waals surface area (Å²) >= 11 is 0. The number of carbonyl (C=O) groups is 2. The molecule has 1 N–H and O–H groups in total. The molecule has 0 aromatic heterocycles. The van der Waals surface area contributed by atoms with Gasteiger partial charge in [-0.15, -0.1) is 0 Å². The highest BCUT2D eigenvalue weighted by Gasteiger charge is 2.41. The van der Waals surface area contributed by atoms with Gasteiger partial charge >= 0.3 is 5.97 Å². The van der Waals surface area contributed by atoms with Gasteiger partial charge in [-0.25, -0.2) is 0 Å². The Balaban J connectivity index is 2.47. The van der Waals surface area contributed by atoms with Crippen LogP contribution in [0, 0.1) is 17.3 Å². The number of aliphatic hydroxyl groups excluding tert-OH is 1. The molecule has 1 unspecified atom stereocenters. The second-order valence-electron chi connectivity index (χ2n) is 9.83. The number of hydrogen-bond donors (Lipinski definition) is 1. The zero-order valence-electron chi connectivity index (χ0n) is 20.1. The number of aliphatic hydroxyl groups is 1. The zero-order chi connectivity index (χ0) is 22.6. The molecule has 0 saturated heterocycles. The summed E-state index contributed by atoms with van der Waals surface area (Å²) in [6.07, 6.45) is 10.3. The van der Waals surface area contributed by atoms with E-state index in [1.807, 2.05) is 6.92 Å². The lowest BCUT2D eigenvalue weighted by Crippen LogP contribution is -2.24. The van der Waals surface area contributed by atoms with Crippen LogP contribution < -0.4 is 0 Å². The van der Waals surface area contributed by atoms with Crippen LogP contribution in [0.5, 0.6) is 0 Å². The number of ketones is 1. The van der Waals surface area contributed by atoms with E-state index in [-0.39, 0.29) is 35.4 Å². The van der Waals surface area contributed by atoms with Crippen molar-refractivity contribution in [3.63, 3.8) is 0 Å². The molecule has 0 aromatic rings. The Kier molecular flexibility index (Phi) is 12.8. The van der Waals surface area contributed by atoms with E-state index in [1.54, 1.807) is 7.11 Å². The summed E-state index contributed by atoms with van der Waals surface area (Å²) in [5.41, 5.74) is -0.0804. The van der Waals surface area contributed by atoms with Gasteiger partial charge in [-0.2, -0.15) is 0 Å². The predicted molar refractivity (Wildman–Crippen MR) is 120 cm³/mol. The van der Waals surface area contributed by atoms with Crippen LogP contribution >= 0.6 is 0 Å². The molecular formula is C25H46O5. The lowest BCUT2D eigenvalue weighted by molar-refractivity contribution is -0.145. The average Bonchev–Trinajstić information content (AvgIpc) is 2.98. The van der Waals surface area contributed by atoms with E-state index in [2.05, 4.69) is 20.8 Å². The molecule has 5 nitrogen and oxygen atoms in total. The molecule has 0 amide bonds. The van der Waals surface area contributed by atoms with Crippen LogP contribution in [0.15, 0.2) is 0 Å². The Bertz CT molecular complexity index is 502. The van der Waals surface area contributed by atoms with Crippen molar-refractivity contribution in [1.29, 1.82) is 0 Å². The lowest BCUT2D eigenvalue weighted by Gasteiger charge is -2.26. The number of carbonyl (C=O) groups excluding carboxylic acids is 2. The molecule has 5 heteroatoms. The summed E-state index contributed by atoms with van der Waals surface area (Å²) in [4.78, 5) is 24.4. The third-order valence-corrected chi connectivity index (χ3v) is 6.63. The van der Waals surface area contributed by atoms with Crippen LogP contribution in [0.2, 0.25) is 0 Å². The summed E-state index contributed by atoms with van der Waals surface area (Å²) in [5.74, 6) is 0.453. The first kappa shape index (κ1) is 27.1. The van der Waals surface area contributed by atoms with Gasteiger partial charge in [0.25, 0.3) is 0 Å². The van der Waals surface area contributed by atoms with Gasteiger partial charge in [-0.1, -0.05) is 52.9 Å². The molecule has 0 heterocycles. The highest BCUT2D eigenvalue weighted by atomic mass is 16.5. The fourth-order valence-corrected chi connectivity index (χ4v) is 4.84. The van der Waals surface area contributed by atoms with Crippen molar-refractivity contribution < 1.29 is 24.2 Å². The Morgan fingerprint density at radius 3 is 2.50 bits per heavy atom. The van der Waals surface area contributed by atoms with Gasteiger partial charge in [0.1, 0.15) is 5.78 Å². The zero-order valence-corrected chi connectivity index (χ0v) is 20.1. The van der Waals surface area contributed by atoms with E-state index in [4.69, 9.17) is 9.47 Å². The second-order valence-corrected chi connectivity index (χ2v) is 9.83. The Hall–Kier alpha value is -0.940. The van der Waals surface area contributed by atoms with Crippen LogP contribution in [0.25, 0.3) is 0 Å². The fourth-order valence-electron chi connectivity index (χ4n) is 4.84. The number of unbranched alkanes of at least 4 members (excludes halogenated alkanes) is 3. The topological polar surface area (TPSA) is 72.8 Å². The summed E-state index contributed by atoms with van der Waals surface area (Å²) in [5, 5.41) is 10.3. The van der Waals surface area contributed by atoms with E-state index in [0.29, 0.717) is 25.2 Å². The van der Waals surface area contributed by atoms with E-state index < -0.39 is 0 Å². The Morgan fingerprint density at radius 1 is 1.13 bits per heavy atom. The highest BCUT2D eigenvalue weighted by Crippen LogP contribution is 2.39. The quantitative estimate of drug-likeness (QED) is 0.262. The van der Waals surface area contributed by atoms with E-state index in [0.717, 1.165) is 64.2 Å². The molecule has 1 aliphatic carbocycles. The van der Waals surface area contributed by atoms with E-state index in [9.17, 15) is 14.7 Å². The van der Waals surface area contributed by atoms with Gasteiger partial charge in [0.05, 0.1) is 25.2 Å². The van der Waals surface area contributed by atoms with Crippen molar-refractivity contribution in [3.8, 4) is 0 Å². The molecule has 30 heavy (non-hydrogen) atoms. The third kappa shape index (κ3) is 9.91. The summed E-state index contributed by atoms with van der Waals surface area (Å²) in [6.45, 7) is 8.64. The standard InChI is InChI=1S/C25H46O5/c1-6-8-9-12-19(26)14-15-21-20(22(27)17-23(21)29-5)13-10-11-16-25(3,4)18-24(28)30-7-2/h19-21,23,26H,6-18H2,1-5H3/t19?,20-,21-,23-/m1/s1. The number of hydrogen-bond acceptors (Lipinski definition) is 5. The Morgan fingerprint density at radius 2 is 1.87 bits per heavy atom. The molecule has 4 atom stereocenters. The molecule has 1 saturated carbocycles. The van der Waals surface area contributed by atoms with Gasteiger partial charge in [0, 0.05) is 19.4 Å². The fraction of sp³-hybridized carbons (Fsp3) is 0.920. The number of ether oxygens (including phenoxy) is 2. The molecule has 1 fully saturated rings. The maximum atomic E-state index is 12.6. The monoisotopic (exact) mass is 426 g/mol. The second kappa shape index (κ2) is 14.2. The van der Waals surface area contributed by atoms with Crippen molar-refractivity contribution in [2.45, 2.75) is 117 Å². The SMILES string of the molecule is CCCCCC(O)CC[C@H]1[C@H](OC)CC(=O)[C@@H]1CCCCC(C)(C)CC(=O)OCC. The molecule has 0 aromatic carbocycles. The van der Waals surface area contributed by atoms with Crippen molar-refractivity contribution >= 4 is 11.8 Å². The minimum absolute atomic E-state index is 0.00871. The molecule has 176 valence electrons. The summed E-state index contributed by atoms with van der Waals surface area (Å²) in [6, 6.07) is 0. The van der Waals surface area contributed by atoms with Crippen molar-refractivity contribution in [2.24, 2.45) is 17.3 Å². The molecule has 1 rings (SSSR count). The van der Waals surface area contributed by atoms with Gasteiger partial charge in [0.15, 0.2) is 0 Å². The maximum Gasteiger partial charge on any atom is 0.306 e. The first-order valence-electron chi connectivity index (χ1n) is 12.1. The van der Waals surface area contributed by atoms with Crippen molar-refractivity contribution in [2.75, 3.05) is 13.7 Å². The number of Topliss-reactive ketones (excluding diaryl/α,β-unsaturated/α-hetero) is 1. The van der Waals surface area contributed by atoms with Crippen LogP contribution in [0.3, 0.4) is 0 Å². The first-order valence-corrected chi connectivity index (χ1v) is 12.1. The van der Waals surface area contributed by atoms with Gasteiger partial charge in [-0.05, 0) is 50.4 Å². The molecular weight excluding hydrogens is 380 g/mol. The van der Waals surface area contributed by atoms with Crippen molar-refractivity contribution in [1.82, 2.24) is 0 Å². The molecule has 0 radical (unpaired) electrons. The van der Waals surface area contributed by atoms with Gasteiger partial charge < -0.3 is 14.6 Å². The average molecular weight is 427 g/mol. The predicted octanol–water partition coefficient (Wildman–Crippen LogP) is 5.47. The smallest absolute Gasteiger partial charge is 0.306 e. The van der Waals surface area contributed by atoms with Crippen LogP contribution in [-0.4, -0.2) is 42.8 Å². The van der Waals surface area contributed by atoms with Gasteiger partial charge in [0.2, 0.25) is 0 Å². The number of methoxy groups -OCH3 is 1. The lowest BCUT2D eigenvalue weighted by atomic mass is 9.81. The van der Waals surface area contributed by atoms with E-state index in [1.165, 1.54) is 0 Å². The Labute approximate surface area is 184 Å². The van der Waals surface area contributed by atoms with Crippen LogP contribution in [0.1, 0.15) is 105 Å². The van der Waals surface area contributed by atoms with Crippen molar-refractivity contribution in [3.05, 3.63) is 0 Å². The largest absolute Gasteiger partial charge is 0.466 e. The maximum absolute atomic E-state index is 12.6. The minimum atomic E-state index is -0.269. The molecule has 0 aliphatic heterocycles. The molecule has 0 bridgehead atoms. The number of rotatable bonds is 16. The van der Waals surface area contributed by atoms with Gasteiger partial charge in [-0.3, -0.25) is 9.59 Å². The van der Waals surface area contributed by atoms with E-state index >= 15 is 0 Å². The normalized spacial score (nSPS) is 23.0.